The van der Waals surface area contributed by atoms with Crippen LogP contribution in [0.5, 0.6) is 0 Å². The van der Waals surface area contributed by atoms with Crippen LogP contribution in [0.15, 0.2) is 72.8 Å². The van der Waals surface area contributed by atoms with E-state index in [0.29, 0.717) is 5.56 Å². The second kappa shape index (κ2) is 11.4. The molecule has 0 heterocycles. The standard InChI is InChI=1S/C30H32N2O6/c1-30(2,3)38-28(35)31-17-20-10-8-9-19(15-20)16-26(27(33)34)32-29(36)37-18-25-23-13-6-4-11-21(23)22-12-5-7-14-24(22)25/h4-15,25-26H,16-18H2,1-3H3,(H,31,35)(H,32,36)(H,33,34)/t26-/m1/s1. The minimum Gasteiger partial charge on any atom is -0.480 e. The molecule has 1 aliphatic carbocycles. The summed E-state index contributed by atoms with van der Waals surface area (Å²) < 4.78 is 10.8. The third-order valence-corrected chi connectivity index (χ3v) is 6.20. The van der Waals surface area contributed by atoms with Gasteiger partial charge in [-0.15, -0.1) is 0 Å². The lowest BCUT2D eigenvalue weighted by atomic mass is 9.98. The van der Waals surface area contributed by atoms with Gasteiger partial charge in [0.05, 0.1) is 0 Å². The van der Waals surface area contributed by atoms with Crippen LogP contribution in [0, 0.1) is 0 Å². The van der Waals surface area contributed by atoms with Crippen molar-refractivity contribution in [2.45, 2.75) is 51.3 Å². The number of rotatable bonds is 8. The fourth-order valence-corrected chi connectivity index (χ4v) is 4.57. The molecule has 1 aliphatic rings. The molecule has 1 atom stereocenters. The number of fused-ring (bicyclic) bond motifs is 3. The van der Waals surface area contributed by atoms with Gasteiger partial charge in [-0.1, -0.05) is 72.8 Å². The van der Waals surface area contributed by atoms with Crippen LogP contribution in [0.25, 0.3) is 11.1 Å². The first-order valence-corrected chi connectivity index (χ1v) is 12.5. The second-order valence-electron chi connectivity index (χ2n) is 10.2. The molecule has 8 heteroatoms. The highest BCUT2D eigenvalue weighted by Crippen LogP contribution is 2.44. The summed E-state index contributed by atoms with van der Waals surface area (Å²) in [6.07, 6.45) is -1.27. The maximum absolute atomic E-state index is 12.6. The Morgan fingerprint density at radius 1 is 0.868 bits per heavy atom. The Morgan fingerprint density at radius 2 is 1.47 bits per heavy atom. The largest absolute Gasteiger partial charge is 0.480 e. The fourth-order valence-electron chi connectivity index (χ4n) is 4.57. The van der Waals surface area contributed by atoms with Crippen molar-refractivity contribution in [3.8, 4) is 11.1 Å². The maximum Gasteiger partial charge on any atom is 0.407 e. The highest BCUT2D eigenvalue weighted by molar-refractivity contribution is 5.81. The zero-order valence-electron chi connectivity index (χ0n) is 21.7. The van der Waals surface area contributed by atoms with Gasteiger partial charge in [-0.2, -0.15) is 0 Å². The number of carbonyl (C=O) groups excluding carboxylic acids is 2. The monoisotopic (exact) mass is 516 g/mol. The minimum atomic E-state index is -1.18. The molecule has 0 unspecified atom stereocenters. The predicted octanol–water partition coefficient (Wildman–Crippen LogP) is 5.25. The first-order valence-electron chi connectivity index (χ1n) is 12.5. The highest BCUT2D eigenvalue weighted by atomic mass is 16.6. The Hall–Kier alpha value is -4.33. The molecule has 2 amide bonds. The highest BCUT2D eigenvalue weighted by Gasteiger charge is 2.30. The van der Waals surface area contributed by atoms with Crippen LogP contribution >= 0.6 is 0 Å². The summed E-state index contributed by atoms with van der Waals surface area (Å²) in [5.74, 6) is -1.29. The number of carboxylic acid groups (broad SMARTS) is 1. The molecule has 0 saturated heterocycles. The first kappa shape index (κ1) is 26.7. The molecular formula is C30H32N2O6. The number of amides is 2. The molecule has 3 N–H and O–H groups in total. The quantitative estimate of drug-likeness (QED) is 0.377. The minimum absolute atomic E-state index is 0.0554. The van der Waals surface area contributed by atoms with E-state index >= 15 is 0 Å². The van der Waals surface area contributed by atoms with Crippen LogP contribution < -0.4 is 10.6 Å². The normalized spacial score (nSPS) is 13.1. The molecular weight excluding hydrogens is 484 g/mol. The number of alkyl carbamates (subject to hydrolysis) is 2. The molecule has 3 aromatic rings. The van der Waals surface area contributed by atoms with Gasteiger partial charge >= 0.3 is 18.2 Å². The van der Waals surface area contributed by atoms with E-state index in [9.17, 15) is 19.5 Å². The number of nitrogens with one attached hydrogen (secondary N) is 2. The van der Waals surface area contributed by atoms with Crippen molar-refractivity contribution >= 4 is 18.2 Å². The molecule has 0 bridgehead atoms. The summed E-state index contributed by atoms with van der Waals surface area (Å²) in [7, 11) is 0. The molecule has 0 aromatic heterocycles. The Bertz CT molecular complexity index is 1280. The van der Waals surface area contributed by atoms with Gasteiger partial charge < -0.3 is 25.2 Å². The third kappa shape index (κ3) is 6.70. The lowest BCUT2D eigenvalue weighted by Gasteiger charge is -2.20. The zero-order valence-corrected chi connectivity index (χ0v) is 21.7. The van der Waals surface area contributed by atoms with Crippen LogP contribution in [0.3, 0.4) is 0 Å². The van der Waals surface area contributed by atoms with Crippen LogP contribution in [-0.4, -0.2) is 41.5 Å². The van der Waals surface area contributed by atoms with E-state index in [1.54, 1.807) is 39.0 Å². The molecule has 0 radical (unpaired) electrons. The summed E-state index contributed by atoms with van der Waals surface area (Å²) in [5.41, 5.74) is 5.24. The van der Waals surface area contributed by atoms with E-state index in [1.807, 2.05) is 54.6 Å². The van der Waals surface area contributed by atoms with Crippen LogP contribution in [0.1, 0.15) is 48.9 Å². The van der Waals surface area contributed by atoms with Gasteiger partial charge in [-0.3, -0.25) is 0 Å². The average Bonchev–Trinajstić information content (AvgIpc) is 3.19. The van der Waals surface area contributed by atoms with Gasteiger partial charge in [0, 0.05) is 18.9 Å². The molecule has 0 aliphatic heterocycles. The Labute approximate surface area is 222 Å². The second-order valence-corrected chi connectivity index (χ2v) is 10.2. The van der Waals surface area contributed by atoms with Crippen molar-refractivity contribution in [2.75, 3.05) is 6.61 Å². The summed E-state index contributed by atoms with van der Waals surface area (Å²) in [6, 6.07) is 22.0. The summed E-state index contributed by atoms with van der Waals surface area (Å²) in [4.78, 5) is 36.5. The van der Waals surface area contributed by atoms with E-state index in [4.69, 9.17) is 9.47 Å². The zero-order chi connectivity index (χ0) is 27.3. The Morgan fingerprint density at radius 3 is 2.08 bits per heavy atom. The number of carboxylic acids is 1. The number of ether oxygens (including phenoxy) is 2. The number of carbonyl (C=O) groups is 3. The van der Waals surface area contributed by atoms with Gasteiger partial charge in [0.25, 0.3) is 0 Å². The Balaban J connectivity index is 1.35. The molecule has 0 spiro atoms. The summed E-state index contributed by atoms with van der Waals surface area (Å²) in [5, 5.41) is 14.9. The first-order chi connectivity index (χ1) is 18.1. The van der Waals surface area contributed by atoms with Crippen molar-refractivity contribution < 1.29 is 29.0 Å². The Kier molecular flexibility index (Phi) is 8.00. The molecule has 8 nitrogen and oxygen atoms in total. The molecule has 4 rings (SSSR count). The molecule has 0 fully saturated rings. The SMILES string of the molecule is CC(C)(C)OC(=O)NCc1cccc(C[C@@H](NC(=O)OCC2c3ccccc3-c3ccccc32)C(=O)O)c1. The third-order valence-electron chi connectivity index (χ3n) is 6.20. The van der Waals surface area contributed by atoms with E-state index in [2.05, 4.69) is 10.6 Å². The van der Waals surface area contributed by atoms with Crippen molar-refractivity contribution in [1.29, 1.82) is 0 Å². The van der Waals surface area contributed by atoms with Crippen molar-refractivity contribution in [3.05, 3.63) is 95.1 Å². The van der Waals surface area contributed by atoms with Crippen molar-refractivity contribution in [1.82, 2.24) is 10.6 Å². The fraction of sp³-hybridized carbons (Fsp3) is 0.300. The molecule has 38 heavy (non-hydrogen) atoms. The smallest absolute Gasteiger partial charge is 0.407 e. The number of aliphatic carboxylic acids is 1. The average molecular weight is 517 g/mol. The van der Waals surface area contributed by atoms with Gasteiger partial charge in [0.1, 0.15) is 18.2 Å². The van der Waals surface area contributed by atoms with Crippen LogP contribution in [-0.2, 0) is 27.2 Å². The maximum atomic E-state index is 12.6. The molecule has 0 saturated carbocycles. The lowest BCUT2D eigenvalue weighted by Crippen LogP contribution is -2.43. The van der Waals surface area contributed by atoms with E-state index in [-0.39, 0.29) is 25.5 Å². The predicted molar refractivity (Wildman–Crippen MR) is 143 cm³/mol. The van der Waals surface area contributed by atoms with Crippen molar-refractivity contribution in [3.63, 3.8) is 0 Å². The number of hydrogen-bond acceptors (Lipinski definition) is 5. The topological polar surface area (TPSA) is 114 Å². The van der Waals surface area contributed by atoms with Crippen LogP contribution in [0.2, 0.25) is 0 Å². The molecule has 3 aromatic carbocycles. The molecule has 198 valence electrons. The number of benzene rings is 3. The van der Waals surface area contributed by atoms with E-state index in [0.717, 1.165) is 27.8 Å². The van der Waals surface area contributed by atoms with Crippen LogP contribution in [0.4, 0.5) is 9.59 Å². The van der Waals surface area contributed by atoms with Gasteiger partial charge in [-0.05, 0) is 54.2 Å². The van der Waals surface area contributed by atoms with E-state index in [1.165, 1.54) is 0 Å². The van der Waals surface area contributed by atoms with Crippen molar-refractivity contribution in [2.24, 2.45) is 0 Å². The lowest BCUT2D eigenvalue weighted by molar-refractivity contribution is -0.139. The van der Waals surface area contributed by atoms with Gasteiger partial charge in [0.2, 0.25) is 0 Å². The van der Waals surface area contributed by atoms with E-state index < -0.39 is 29.8 Å². The summed E-state index contributed by atoms with van der Waals surface area (Å²) >= 11 is 0. The van der Waals surface area contributed by atoms with Gasteiger partial charge in [0.15, 0.2) is 0 Å². The van der Waals surface area contributed by atoms with Gasteiger partial charge in [-0.25, -0.2) is 14.4 Å². The summed E-state index contributed by atoms with van der Waals surface area (Å²) in [6.45, 7) is 5.66. The number of hydrogen-bond donors (Lipinski definition) is 3.